The van der Waals surface area contributed by atoms with Crippen LogP contribution in [0.4, 0.5) is 0 Å². The molecule has 1 aromatic carbocycles. The molecule has 5 nitrogen and oxygen atoms in total. The van der Waals surface area contributed by atoms with E-state index in [0.29, 0.717) is 16.7 Å². The number of carbonyl (C=O) groups excluding carboxylic acids is 1. The molecule has 0 aliphatic carbocycles. The number of phenols is 1. The molecule has 0 saturated carbocycles. The maximum Gasteiger partial charge on any atom is 0.345 e. The summed E-state index contributed by atoms with van der Waals surface area (Å²) in [6.07, 6.45) is 1.30. The Morgan fingerprint density at radius 3 is 1.80 bits per heavy atom. The zero-order valence-corrected chi connectivity index (χ0v) is 16.1. The van der Waals surface area contributed by atoms with E-state index < -0.39 is 17.5 Å². The summed E-state index contributed by atoms with van der Waals surface area (Å²) in [6.45, 7) is 13.5. The first-order valence-corrected chi connectivity index (χ1v) is 8.29. The Labute approximate surface area is 149 Å². The second kappa shape index (κ2) is 7.30. The van der Waals surface area contributed by atoms with Gasteiger partial charge in [-0.1, -0.05) is 41.5 Å². The zero-order chi connectivity index (χ0) is 19.6. The third-order valence-electron chi connectivity index (χ3n) is 3.79. The summed E-state index contributed by atoms with van der Waals surface area (Å²) in [7, 11) is 0. The van der Waals surface area contributed by atoms with E-state index >= 15 is 0 Å². The summed E-state index contributed by atoms with van der Waals surface area (Å²) < 4.78 is 4.82. The van der Waals surface area contributed by atoms with Crippen LogP contribution in [0.2, 0.25) is 0 Å². The van der Waals surface area contributed by atoms with Crippen molar-refractivity contribution in [2.75, 3.05) is 6.61 Å². The Morgan fingerprint density at radius 1 is 1.04 bits per heavy atom. The summed E-state index contributed by atoms with van der Waals surface area (Å²) >= 11 is 0. The summed E-state index contributed by atoms with van der Waals surface area (Å²) in [5.74, 6) is -2.02. The minimum absolute atomic E-state index is 0.0967. The van der Waals surface area contributed by atoms with Crippen molar-refractivity contribution in [2.24, 2.45) is 0 Å². The van der Waals surface area contributed by atoms with E-state index in [-0.39, 0.29) is 23.2 Å². The van der Waals surface area contributed by atoms with Gasteiger partial charge in [0.15, 0.2) is 0 Å². The monoisotopic (exact) mass is 348 g/mol. The molecule has 1 rings (SSSR count). The van der Waals surface area contributed by atoms with Crippen molar-refractivity contribution in [1.82, 2.24) is 0 Å². The minimum atomic E-state index is -1.35. The fourth-order valence-corrected chi connectivity index (χ4v) is 2.47. The van der Waals surface area contributed by atoms with Crippen molar-refractivity contribution in [3.63, 3.8) is 0 Å². The number of carbonyl (C=O) groups is 2. The van der Waals surface area contributed by atoms with Crippen molar-refractivity contribution < 1.29 is 24.5 Å². The number of hydrogen-bond acceptors (Lipinski definition) is 4. The van der Waals surface area contributed by atoms with Gasteiger partial charge < -0.3 is 14.9 Å². The van der Waals surface area contributed by atoms with Gasteiger partial charge in [0.1, 0.15) is 11.3 Å². The molecule has 2 N–H and O–H groups in total. The molecule has 0 bridgehead atoms. The second-order valence-corrected chi connectivity index (χ2v) is 8.05. The fraction of sp³-hybridized carbons (Fsp3) is 0.500. The highest BCUT2D eigenvalue weighted by Gasteiger charge is 2.27. The number of esters is 1. The Balaban J connectivity index is 3.67. The number of aliphatic carboxylic acids is 1. The number of benzene rings is 1. The Kier molecular flexibility index (Phi) is 6.05. The van der Waals surface area contributed by atoms with Crippen molar-refractivity contribution in [3.8, 4) is 5.75 Å². The highest BCUT2D eigenvalue weighted by Crippen LogP contribution is 2.40. The van der Waals surface area contributed by atoms with Crippen LogP contribution in [0.15, 0.2) is 17.7 Å². The molecule has 0 radical (unpaired) electrons. The molecule has 0 amide bonds. The molecule has 25 heavy (non-hydrogen) atoms. The molecule has 0 unspecified atom stereocenters. The van der Waals surface area contributed by atoms with Crippen LogP contribution in [0, 0.1) is 0 Å². The van der Waals surface area contributed by atoms with Crippen molar-refractivity contribution >= 4 is 18.0 Å². The van der Waals surface area contributed by atoms with Crippen LogP contribution in [-0.2, 0) is 25.2 Å². The van der Waals surface area contributed by atoms with E-state index in [2.05, 4.69) is 0 Å². The first-order valence-electron chi connectivity index (χ1n) is 8.29. The van der Waals surface area contributed by atoms with E-state index in [0.717, 1.165) is 0 Å². The van der Waals surface area contributed by atoms with Crippen molar-refractivity contribution in [3.05, 3.63) is 34.4 Å². The van der Waals surface area contributed by atoms with Gasteiger partial charge >= 0.3 is 11.9 Å². The Bertz CT molecular complexity index is 665. The highest BCUT2D eigenvalue weighted by molar-refractivity contribution is 6.17. The SMILES string of the molecule is CCOC(=O)C(=Cc1cc(C(C)(C)C)c(O)c(C(C)(C)C)c1)C(=O)O. The highest BCUT2D eigenvalue weighted by atomic mass is 16.5. The van der Waals surface area contributed by atoms with E-state index in [1.54, 1.807) is 19.1 Å². The molecule has 0 aliphatic rings. The van der Waals surface area contributed by atoms with Crippen LogP contribution >= 0.6 is 0 Å². The molecule has 0 aliphatic heterocycles. The van der Waals surface area contributed by atoms with Gasteiger partial charge in [-0.25, -0.2) is 9.59 Å². The third kappa shape index (κ3) is 5.08. The largest absolute Gasteiger partial charge is 0.507 e. The molecular formula is C20H28O5. The summed E-state index contributed by atoms with van der Waals surface area (Å²) in [4.78, 5) is 23.3. The summed E-state index contributed by atoms with van der Waals surface area (Å²) in [5.41, 5.74) is 0.799. The van der Waals surface area contributed by atoms with E-state index in [1.165, 1.54) is 6.08 Å². The molecule has 0 atom stereocenters. The smallest absolute Gasteiger partial charge is 0.345 e. The van der Waals surface area contributed by atoms with Gasteiger partial charge in [-0.05, 0) is 41.5 Å². The van der Waals surface area contributed by atoms with E-state index in [9.17, 15) is 19.8 Å². The predicted octanol–water partition coefficient (Wildman–Crippen LogP) is 4.02. The van der Waals surface area contributed by atoms with Crippen molar-refractivity contribution in [1.29, 1.82) is 0 Å². The molecule has 0 aromatic heterocycles. The number of hydrogen-bond donors (Lipinski definition) is 2. The van der Waals surface area contributed by atoms with Gasteiger partial charge in [0.2, 0.25) is 0 Å². The molecule has 0 saturated heterocycles. The van der Waals surface area contributed by atoms with Crippen LogP contribution in [0.25, 0.3) is 6.08 Å². The maximum absolute atomic E-state index is 11.9. The van der Waals surface area contributed by atoms with E-state index in [4.69, 9.17) is 4.74 Å². The van der Waals surface area contributed by atoms with Crippen LogP contribution in [0.1, 0.15) is 65.2 Å². The predicted molar refractivity (Wildman–Crippen MR) is 97.8 cm³/mol. The second-order valence-electron chi connectivity index (χ2n) is 8.05. The van der Waals surface area contributed by atoms with Crippen LogP contribution in [0.3, 0.4) is 0 Å². The lowest BCUT2D eigenvalue weighted by Gasteiger charge is -2.28. The first-order chi connectivity index (χ1) is 11.3. The lowest BCUT2D eigenvalue weighted by atomic mass is 9.78. The normalized spacial score (nSPS) is 12.8. The minimum Gasteiger partial charge on any atom is -0.507 e. The van der Waals surface area contributed by atoms with Crippen LogP contribution < -0.4 is 0 Å². The quantitative estimate of drug-likeness (QED) is 0.372. The number of carboxylic acid groups (broad SMARTS) is 1. The molecular weight excluding hydrogens is 320 g/mol. The number of phenolic OH excluding ortho intramolecular Hbond substituents is 1. The number of rotatable bonds is 4. The average Bonchev–Trinajstić information content (AvgIpc) is 2.43. The molecule has 0 spiro atoms. The topological polar surface area (TPSA) is 83.8 Å². The Hall–Kier alpha value is -2.30. The lowest BCUT2D eigenvalue weighted by molar-refractivity contribution is -0.143. The van der Waals surface area contributed by atoms with E-state index in [1.807, 2.05) is 41.5 Å². The number of ether oxygens (including phenoxy) is 1. The summed E-state index contributed by atoms with van der Waals surface area (Å²) in [6, 6.07) is 3.43. The lowest BCUT2D eigenvalue weighted by Crippen LogP contribution is -2.18. The van der Waals surface area contributed by atoms with Crippen LogP contribution in [0.5, 0.6) is 5.75 Å². The standard InChI is InChI=1S/C20H28O5/c1-8-25-18(24)13(17(22)23)9-12-10-14(19(2,3)4)16(21)15(11-12)20(5,6)7/h9-11,21H,8H2,1-7H3,(H,22,23). The van der Waals surface area contributed by atoms with Gasteiger partial charge in [-0.2, -0.15) is 0 Å². The van der Waals surface area contributed by atoms with Gasteiger partial charge in [-0.15, -0.1) is 0 Å². The zero-order valence-electron chi connectivity index (χ0n) is 16.1. The van der Waals surface area contributed by atoms with Crippen molar-refractivity contribution in [2.45, 2.75) is 59.3 Å². The van der Waals surface area contributed by atoms with Gasteiger partial charge in [-0.3, -0.25) is 0 Å². The van der Waals surface area contributed by atoms with Gasteiger partial charge in [0.05, 0.1) is 6.61 Å². The molecule has 138 valence electrons. The fourth-order valence-electron chi connectivity index (χ4n) is 2.47. The van der Waals surface area contributed by atoms with Crippen LogP contribution in [-0.4, -0.2) is 28.8 Å². The first kappa shape index (κ1) is 20.7. The number of aromatic hydroxyl groups is 1. The maximum atomic E-state index is 11.9. The number of carboxylic acids is 1. The Morgan fingerprint density at radius 2 is 1.48 bits per heavy atom. The molecule has 0 heterocycles. The average molecular weight is 348 g/mol. The van der Waals surface area contributed by atoms with Gasteiger partial charge in [0.25, 0.3) is 0 Å². The molecule has 0 fully saturated rings. The molecule has 1 aromatic rings. The molecule has 5 heteroatoms. The van der Waals surface area contributed by atoms with Gasteiger partial charge in [0, 0.05) is 11.1 Å². The third-order valence-corrected chi connectivity index (χ3v) is 3.79. The summed E-state index contributed by atoms with van der Waals surface area (Å²) in [5, 5.41) is 20.0.